The van der Waals surface area contributed by atoms with Gasteiger partial charge in [-0.25, -0.2) is 0 Å². The number of hydrogen-bond donors (Lipinski definition) is 0. The Balaban J connectivity index is -0.0000000200. The van der Waals surface area contributed by atoms with Crippen LogP contribution in [0.1, 0.15) is 0 Å². The summed E-state index contributed by atoms with van der Waals surface area (Å²) in [4.78, 5) is 0. The quantitative estimate of drug-likeness (QED) is 0.405. The summed E-state index contributed by atoms with van der Waals surface area (Å²) in [7, 11) is 0. The van der Waals surface area contributed by atoms with Gasteiger partial charge in [-0.15, -0.1) is 0 Å². The van der Waals surface area contributed by atoms with Crippen LogP contribution >= 0.6 is 0 Å². The van der Waals surface area contributed by atoms with E-state index in [1.807, 2.05) is 0 Å². The predicted molar refractivity (Wildman–Crippen MR) is 19.0 cm³/mol. The average molecular weight is 140 g/mol. The zero-order valence-electron chi connectivity index (χ0n) is 1.87. The summed E-state index contributed by atoms with van der Waals surface area (Å²) in [6, 6.07) is 0. The summed E-state index contributed by atoms with van der Waals surface area (Å²) in [5, 5.41) is 0. The third-order valence-electron chi connectivity index (χ3n) is 0. The molecule has 0 aromatic heterocycles. The van der Waals surface area contributed by atoms with Crippen molar-refractivity contribution in [3.8, 4) is 0 Å². The molecular formula is H3Ca2F3. The van der Waals surface area contributed by atoms with E-state index in [2.05, 4.69) is 0 Å². The SMILES string of the molecule is F.[CaH2].[F][Ca][F]. The zero-order valence-corrected chi connectivity index (χ0v) is 4.08. The zero-order chi connectivity index (χ0) is 2.71. The van der Waals surface area contributed by atoms with Crippen LogP contribution in [0.15, 0.2) is 0 Å². The van der Waals surface area contributed by atoms with Gasteiger partial charge in [0.1, 0.15) is 0 Å². The van der Waals surface area contributed by atoms with E-state index < -0.39 is 35.4 Å². The van der Waals surface area contributed by atoms with E-state index in [1.165, 1.54) is 0 Å². The van der Waals surface area contributed by atoms with Crippen molar-refractivity contribution in [2.24, 2.45) is 0 Å². The molecule has 0 N–H and O–H groups in total. The van der Waals surface area contributed by atoms with Gasteiger partial charge in [-0.05, 0) is 0 Å². The fourth-order valence-electron chi connectivity index (χ4n) is 0. The molecule has 0 heterocycles. The maximum atomic E-state index is 9.81. The Kier molecular flexibility index (Phi) is 50.9. The summed E-state index contributed by atoms with van der Waals surface area (Å²) in [5.41, 5.74) is 0. The molecule has 0 rings (SSSR count). The molecule has 0 unspecified atom stereocenters. The first-order valence-electron chi connectivity index (χ1n) is 0.535. The third kappa shape index (κ3) is 22.0. The summed E-state index contributed by atoms with van der Waals surface area (Å²) in [6.07, 6.45) is 0. The van der Waals surface area contributed by atoms with Crippen molar-refractivity contribution in [1.82, 2.24) is 0 Å². The number of rotatable bonds is 0. The van der Waals surface area contributed by atoms with Crippen LogP contribution in [0.25, 0.3) is 0 Å². The van der Waals surface area contributed by atoms with E-state index in [1.54, 1.807) is 0 Å². The van der Waals surface area contributed by atoms with Gasteiger partial charge >= 0.3 is 75.9 Å². The van der Waals surface area contributed by atoms with E-state index >= 15 is 0 Å². The molecule has 0 spiro atoms. The van der Waals surface area contributed by atoms with Crippen molar-refractivity contribution in [1.29, 1.82) is 0 Å². The van der Waals surface area contributed by atoms with E-state index in [-0.39, 0.29) is 42.4 Å². The molecule has 0 radical (unpaired) electrons. The summed E-state index contributed by atoms with van der Waals surface area (Å²) < 4.78 is 19.6. The molecule has 0 nitrogen and oxygen atoms in total. The molecule has 28 valence electrons. The van der Waals surface area contributed by atoms with Gasteiger partial charge < -0.3 is 0 Å². The Hall–Kier alpha value is 2.31. The van der Waals surface area contributed by atoms with Crippen molar-refractivity contribution in [3.05, 3.63) is 0 Å². The van der Waals surface area contributed by atoms with Crippen LogP contribution < -0.4 is 0 Å². The Labute approximate surface area is 78.8 Å². The van der Waals surface area contributed by atoms with E-state index in [4.69, 9.17) is 0 Å². The van der Waals surface area contributed by atoms with Crippen molar-refractivity contribution in [2.75, 3.05) is 0 Å². The van der Waals surface area contributed by atoms with Crippen LogP contribution in [0.2, 0.25) is 0 Å². The Morgan fingerprint density at radius 3 is 1.20 bits per heavy atom. The van der Waals surface area contributed by atoms with Crippen LogP contribution in [0.4, 0.5) is 7.43 Å². The minimum absolute atomic E-state index is 0. The van der Waals surface area contributed by atoms with Gasteiger partial charge in [0.05, 0.1) is 0 Å². The molecule has 0 aromatic rings. The molecule has 0 amide bonds. The normalized spacial score (nSPS) is 2.00. The Morgan fingerprint density at radius 1 is 1.20 bits per heavy atom. The molecule has 0 aromatic carbocycles. The van der Waals surface area contributed by atoms with Crippen molar-refractivity contribution < 1.29 is 7.43 Å². The molecule has 0 fully saturated rings. The van der Waals surface area contributed by atoms with Gasteiger partial charge in [-0.3, -0.25) is 4.70 Å². The van der Waals surface area contributed by atoms with Gasteiger partial charge in [0.15, 0.2) is 0 Å². The topological polar surface area (TPSA) is 0 Å². The molecule has 0 atom stereocenters. The first-order valence-corrected chi connectivity index (χ1v) is 2.20. The van der Waals surface area contributed by atoms with Crippen LogP contribution in [0.5, 0.6) is 0 Å². The van der Waals surface area contributed by atoms with Crippen molar-refractivity contribution >= 4 is 73.1 Å². The molecule has 0 saturated carbocycles. The van der Waals surface area contributed by atoms with Gasteiger partial charge in [-0.1, -0.05) is 0 Å². The molecule has 5 heteroatoms. The van der Waals surface area contributed by atoms with E-state index in [9.17, 15) is 2.73 Å². The molecule has 0 bridgehead atoms. The summed E-state index contributed by atoms with van der Waals surface area (Å²) in [6.45, 7) is 0. The van der Waals surface area contributed by atoms with Crippen molar-refractivity contribution in [2.45, 2.75) is 0 Å². The third-order valence-corrected chi connectivity index (χ3v) is 0. The van der Waals surface area contributed by atoms with Crippen LogP contribution in [-0.4, -0.2) is 73.1 Å². The van der Waals surface area contributed by atoms with Gasteiger partial charge in [0, 0.05) is 0 Å². The van der Waals surface area contributed by atoms with E-state index in [0.717, 1.165) is 0 Å². The maximum absolute atomic E-state index is 9.81. The molecule has 5 heavy (non-hydrogen) atoms. The van der Waals surface area contributed by atoms with Crippen LogP contribution in [0, 0.1) is 0 Å². The van der Waals surface area contributed by atoms with Crippen LogP contribution in [0.3, 0.4) is 0 Å². The van der Waals surface area contributed by atoms with Gasteiger partial charge in [-0.2, -0.15) is 0 Å². The second kappa shape index (κ2) is 16.2. The second-order valence-electron chi connectivity index (χ2n) is 0.101. The van der Waals surface area contributed by atoms with E-state index in [0.29, 0.717) is 0 Å². The van der Waals surface area contributed by atoms with Gasteiger partial charge in [0.2, 0.25) is 0 Å². The summed E-state index contributed by atoms with van der Waals surface area (Å²) in [5.74, 6) is 0. The monoisotopic (exact) mass is 140 g/mol. The first kappa shape index (κ1) is 15.7. The fourth-order valence-corrected chi connectivity index (χ4v) is 0. The minimum atomic E-state index is -2.88. The fraction of sp³-hybridized carbons (Fsp3) is 0. The Bertz CT molecular complexity index is 4.85. The molecular weight excluding hydrogens is 137 g/mol. The molecule has 0 aliphatic carbocycles. The van der Waals surface area contributed by atoms with Crippen LogP contribution in [-0.2, 0) is 0 Å². The standard InChI is InChI=1S/2Ca.3FH.2H/h;;3*1H;;/q;+2;;;;;/p-2. The number of halogens is 3. The Morgan fingerprint density at radius 2 is 1.20 bits per heavy atom. The molecule has 0 aliphatic heterocycles. The van der Waals surface area contributed by atoms with Gasteiger partial charge in [0.25, 0.3) is 0 Å². The molecule has 0 saturated heterocycles. The second-order valence-corrected chi connectivity index (χ2v) is 0.416. The average Bonchev–Trinajstić information content (AvgIpc) is 0.918. The predicted octanol–water partition coefficient (Wildman–Crippen LogP) is -0.304. The molecule has 0 aliphatic rings. The number of hydrogen-bond acceptors (Lipinski definition) is 0. The first-order chi connectivity index (χ1) is 1.41. The summed E-state index contributed by atoms with van der Waals surface area (Å²) >= 11 is -2.88. The van der Waals surface area contributed by atoms with Crippen molar-refractivity contribution in [3.63, 3.8) is 0 Å².